The minimum atomic E-state index is -0.732. The molecule has 0 spiro atoms. The van der Waals surface area contributed by atoms with E-state index in [1.54, 1.807) is 6.26 Å². The fraction of sp³-hybridized carbons (Fsp3) is 0.900. The number of nitrogens with two attached hydrogens (primary N) is 1. The smallest absolute Gasteiger partial charge is 0.0994 e. The lowest BCUT2D eigenvalue weighted by molar-refractivity contribution is 0.571. The van der Waals surface area contributed by atoms with Crippen molar-refractivity contribution >= 4 is 16.6 Å². The molecular formula is C10H22N2OS. The lowest BCUT2D eigenvalue weighted by atomic mass is 9.95. The van der Waals surface area contributed by atoms with Crippen LogP contribution in [0.25, 0.3) is 0 Å². The van der Waals surface area contributed by atoms with Crippen LogP contribution in [0.2, 0.25) is 0 Å². The maximum absolute atomic E-state index is 10.9. The van der Waals surface area contributed by atoms with E-state index < -0.39 is 10.8 Å². The Labute approximate surface area is 89.6 Å². The highest BCUT2D eigenvalue weighted by Crippen LogP contribution is 2.14. The summed E-state index contributed by atoms with van der Waals surface area (Å²) in [5, 5.41) is 0. The summed E-state index contributed by atoms with van der Waals surface area (Å²) in [7, 11) is -0.732. The van der Waals surface area contributed by atoms with Crippen molar-refractivity contribution in [2.45, 2.75) is 40.2 Å². The summed E-state index contributed by atoms with van der Waals surface area (Å²) in [6.07, 6.45) is 2.55. The molecule has 2 N–H and O–H groups in total. The molecule has 0 saturated carbocycles. The molecule has 0 aromatic carbocycles. The SMILES string of the molecule is CC(CCS(C)=O)N=C(N)C(C)(C)C. The third kappa shape index (κ3) is 6.13. The Morgan fingerprint density at radius 2 is 2.00 bits per heavy atom. The average Bonchev–Trinajstić information content (AvgIpc) is 1.99. The molecule has 3 nitrogen and oxygen atoms in total. The van der Waals surface area contributed by atoms with Crippen LogP contribution < -0.4 is 5.73 Å². The van der Waals surface area contributed by atoms with E-state index in [4.69, 9.17) is 5.73 Å². The highest BCUT2D eigenvalue weighted by molar-refractivity contribution is 7.84. The van der Waals surface area contributed by atoms with Crippen LogP contribution in [-0.2, 0) is 10.8 Å². The Balaban J connectivity index is 4.15. The first kappa shape index (κ1) is 13.6. The summed E-state index contributed by atoms with van der Waals surface area (Å²) in [6.45, 7) is 8.12. The van der Waals surface area contributed by atoms with Gasteiger partial charge in [0, 0.05) is 28.2 Å². The lowest BCUT2D eigenvalue weighted by Crippen LogP contribution is -2.30. The Kier molecular flexibility index (Phi) is 5.34. The molecular weight excluding hydrogens is 196 g/mol. The third-order valence-electron chi connectivity index (χ3n) is 1.95. The molecule has 14 heavy (non-hydrogen) atoms. The predicted octanol–water partition coefficient (Wildman–Crippen LogP) is 1.55. The van der Waals surface area contributed by atoms with Crippen LogP contribution in [0, 0.1) is 5.41 Å². The summed E-state index contributed by atoms with van der Waals surface area (Å²) in [5.74, 6) is 1.37. The molecule has 0 aliphatic heterocycles. The zero-order valence-electron chi connectivity index (χ0n) is 9.83. The van der Waals surface area contributed by atoms with Gasteiger partial charge in [0.2, 0.25) is 0 Å². The van der Waals surface area contributed by atoms with E-state index in [2.05, 4.69) is 4.99 Å². The highest BCUT2D eigenvalue weighted by atomic mass is 32.2. The molecule has 0 aromatic rings. The van der Waals surface area contributed by atoms with Crippen LogP contribution in [-0.4, -0.2) is 28.1 Å². The minimum absolute atomic E-state index is 0.0698. The zero-order chi connectivity index (χ0) is 11.4. The summed E-state index contributed by atoms with van der Waals surface area (Å²) in [4.78, 5) is 4.38. The molecule has 0 saturated heterocycles. The summed E-state index contributed by atoms with van der Waals surface area (Å²) in [6, 6.07) is 0.165. The van der Waals surface area contributed by atoms with Gasteiger partial charge in [0.25, 0.3) is 0 Å². The van der Waals surface area contributed by atoms with Gasteiger partial charge in [-0.3, -0.25) is 9.20 Å². The van der Waals surface area contributed by atoms with Crippen LogP contribution in [0.1, 0.15) is 34.1 Å². The van der Waals surface area contributed by atoms with Crippen LogP contribution in [0.4, 0.5) is 0 Å². The predicted molar refractivity (Wildman–Crippen MR) is 64.1 cm³/mol. The molecule has 84 valence electrons. The molecule has 0 bridgehead atoms. The average molecular weight is 218 g/mol. The van der Waals surface area contributed by atoms with Gasteiger partial charge in [0.15, 0.2) is 0 Å². The molecule has 4 heteroatoms. The van der Waals surface area contributed by atoms with E-state index >= 15 is 0 Å². The highest BCUT2D eigenvalue weighted by Gasteiger charge is 2.16. The number of rotatable bonds is 4. The van der Waals surface area contributed by atoms with Crippen LogP contribution in [0.15, 0.2) is 4.99 Å². The van der Waals surface area contributed by atoms with E-state index in [1.165, 1.54) is 0 Å². The molecule has 0 aliphatic carbocycles. The topological polar surface area (TPSA) is 55.5 Å². The molecule has 2 unspecified atom stereocenters. The van der Waals surface area contributed by atoms with E-state index in [0.29, 0.717) is 11.6 Å². The van der Waals surface area contributed by atoms with Crippen LogP contribution in [0.3, 0.4) is 0 Å². The van der Waals surface area contributed by atoms with Gasteiger partial charge in [-0.15, -0.1) is 0 Å². The van der Waals surface area contributed by atoms with Gasteiger partial charge in [-0.05, 0) is 13.3 Å². The molecule has 0 aromatic heterocycles. The second kappa shape index (κ2) is 5.49. The first-order valence-electron chi connectivity index (χ1n) is 4.87. The lowest BCUT2D eigenvalue weighted by Gasteiger charge is -2.19. The Morgan fingerprint density at radius 1 is 1.50 bits per heavy atom. The number of nitrogens with zero attached hydrogens (tertiary/aromatic N) is 1. The Hall–Kier alpha value is -0.380. The van der Waals surface area contributed by atoms with E-state index in [9.17, 15) is 4.21 Å². The minimum Gasteiger partial charge on any atom is -0.387 e. The molecule has 0 fully saturated rings. The Bertz CT molecular complexity index is 231. The summed E-state index contributed by atoms with van der Waals surface area (Å²) >= 11 is 0. The first-order chi connectivity index (χ1) is 6.23. The molecule has 0 amide bonds. The standard InChI is InChI=1S/C10H22N2OS/c1-8(6-7-14(5)13)12-9(11)10(2,3)4/h8H,6-7H2,1-5H3,(H2,11,12). The summed E-state index contributed by atoms with van der Waals surface area (Å²) in [5.41, 5.74) is 5.76. The quantitative estimate of drug-likeness (QED) is 0.575. The largest absolute Gasteiger partial charge is 0.387 e. The van der Waals surface area contributed by atoms with Crippen molar-refractivity contribution in [1.29, 1.82) is 0 Å². The maximum atomic E-state index is 10.9. The summed E-state index contributed by atoms with van der Waals surface area (Å²) < 4.78 is 10.9. The van der Waals surface area contributed by atoms with Gasteiger partial charge in [-0.2, -0.15) is 0 Å². The van der Waals surface area contributed by atoms with Crippen molar-refractivity contribution in [3.8, 4) is 0 Å². The van der Waals surface area contributed by atoms with Crippen molar-refractivity contribution in [2.75, 3.05) is 12.0 Å². The number of amidine groups is 1. The molecule has 2 atom stereocenters. The van der Waals surface area contributed by atoms with Crippen molar-refractivity contribution in [2.24, 2.45) is 16.1 Å². The van der Waals surface area contributed by atoms with E-state index in [1.807, 2.05) is 27.7 Å². The molecule has 0 aliphatic rings. The van der Waals surface area contributed by atoms with Gasteiger partial charge < -0.3 is 5.73 Å². The van der Waals surface area contributed by atoms with E-state index in [0.717, 1.165) is 6.42 Å². The van der Waals surface area contributed by atoms with Crippen molar-refractivity contribution in [3.63, 3.8) is 0 Å². The van der Waals surface area contributed by atoms with E-state index in [-0.39, 0.29) is 11.5 Å². The van der Waals surface area contributed by atoms with Crippen LogP contribution >= 0.6 is 0 Å². The third-order valence-corrected chi connectivity index (χ3v) is 2.76. The van der Waals surface area contributed by atoms with Crippen molar-refractivity contribution in [3.05, 3.63) is 0 Å². The van der Waals surface area contributed by atoms with Gasteiger partial charge in [0.1, 0.15) is 0 Å². The molecule has 0 radical (unpaired) electrons. The molecule has 0 rings (SSSR count). The van der Waals surface area contributed by atoms with Gasteiger partial charge in [0.05, 0.1) is 11.9 Å². The van der Waals surface area contributed by atoms with Gasteiger partial charge in [-0.1, -0.05) is 20.8 Å². The number of hydrogen-bond donors (Lipinski definition) is 1. The fourth-order valence-electron chi connectivity index (χ4n) is 0.832. The molecule has 0 heterocycles. The normalized spacial score (nSPS) is 17.9. The Morgan fingerprint density at radius 3 is 2.36 bits per heavy atom. The van der Waals surface area contributed by atoms with Gasteiger partial charge in [-0.25, -0.2) is 0 Å². The van der Waals surface area contributed by atoms with Crippen molar-refractivity contribution < 1.29 is 4.21 Å². The maximum Gasteiger partial charge on any atom is 0.0994 e. The second-order valence-corrected chi connectivity index (χ2v) is 6.23. The fourth-order valence-corrected chi connectivity index (χ4v) is 1.51. The second-order valence-electron chi connectivity index (χ2n) is 4.68. The van der Waals surface area contributed by atoms with Gasteiger partial charge >= 0.3 is 0 Å². The number of aliphatic imine (C=N–C) groups is 1. The van der Waals surface area contributed by atoms with Crippen LogP contribution in [0.5, 0.6) is 0 Å². The zero-order valence-corrected chi connectivity index (χ0v) is 10.6. The monoisotopic (exact) mass is 218 g/mol. The first-order valence-corrected chi connectivity index (χ1v) is 6.60. The van der Waals surface area contributed by atoms with Crippen molar-refractivity contribution in [1.82, 2.24) is 0 Å². The number of hydrogen-bond acceptors (Lipinski definition) is 2.